The molecule has 0 bridgehead atoms. The van der Waals surface area contributed by atoms with Gasteiger partial charge in [0.1, 0.15) is 0 Å². The Balaban J connectivity index is 3.93. The monoisotopic (exact) mass is 128 g/mol. The van der Waals surface area contributed by atoms with Crippen LogP contribution < -0.4 is 5.73 Å². The normalized spacial score (nSPS) is 11.2. The molecule has 1 amide bonds. The van der Waals surface area contributed by atoms with E-state index in [-0.39, 0.29) is 5.91 Å². The van der Waals surface area contributed by atoms with Crippen molar-refractivity contribution in [3.05, 3.63) is 11.8 Å². The van der Waals surface area contributed by atoms with Crippen molar-refractivity contribution < 1.29 is 4.79 Å². The highest BCUT2D eigenvalue weighted by atomic mass is 16.2. The molecule has 0 spiro atoms. The Hall–Kier alpha value is -0.990. The Morgan fingerprint density at radius 1 is 1.56 bits per heavy atom. The van der Waals surface area contributed by atoms with Gasteiger partial charge < -0.3 is 10.6 Å². The first kappa shape index (κ1) is 8.01. The molecule has 0 aliphatic heterocycles. The van der Waals surface area contributed by atoms with Gasteiger partial charge in [-0.2, -0.15) is 0 Å². The zero-order valence-corrected chi connectivity index (χ0v) is 6.01. The number of allylic oxidation sites excluding steroid dienone is 1. The molecular weight excluding hydrogens is 116 g/mol. The number of carbonyl (C=O) groups is 1. The van der Waals surface area contributed by atoms with Crippen LogP contribution in [0.5, 0.6) is 0 Å². The number of nitrogens with two attached hydrogens (primary N) is 1. The van der Waals surface area contributed by atoms with Crippen molar-refractivity contribution in [3.8, 4) is 0 Å². The summed E-state index contributed by atoms with van der Waals surface area (Å²) >= 11 is 0. The summed E-state index contributed by atoms with van der Waals surface area (Å²) in [4.78, 5) is 12.2. The lowest BCUT2D eigenvalue weighted by Gasteiger charge is -2.05. The molecule has 0 aliphatic carbocycles. The highest BCUT2D eigenvalue weighted by Gasteiger charge is 1.96. The van der Waals surface area contributed by atoms with Gasteiger partial charge in [0, 0.05) is 25.9 Å². The highest BCUT2D eigenvalue weighted by molar-refractivity contribution is 5.87. The number of carbonyl (C=O) groups excluding carboxylic acids is 1. The fraction of sp³-hybridized carbons (Fsp3) is 0.500. The third-order valence-corrected chi connectivity index (χ3v) is 0.792. The van der Waals surface area contributed by atoms with Gasteiger partial charge in [-0.3, -0.25) is 4.79 Å². The van der Waals surface area contributed by atoms with Gasteiger partial charge in [0.15, 0.2) is 0 Å². The Bertz CT molecular complexity index is 134. The van der Waals surface area contributed by atoms with E-state index in [9.17, 15) is 4.79 Å². The predicted molar refractivity (Wildman–Crippen MR) is 36.6 cm³/mol. The maximum atomic E-state index is 10.7. The standard InChI is InChI=1S/C6H12N2O/c1-5(7)4-6(9)8(2)3/h4H,7H2,1-3H3/b5-4-. The van der Waals surface area contributed by atoms with Gasteiger partial charge in [-0.05, 0) is 6.92 Å². The topological polar surface area (TPSA) is 46.3 Å². The Kier molecular flexibility index (Phi) is 2.78. The van der Waals surface area contributed by atoms with Gasteiger partial charge in [0.05, 0.1) is 0 Å². The summed E-state index contributed by atoms with van der Waals surface area (Å²) in [6.45, 7) is 1.68. The van der Waals surface area contributed by atoms with Gasteiger partial charge >= 0.3 is 0 Å². The number of amides is 1. The van der Waals surface area contributed by atoms with E-state index in [1.165, 1.54) is 11.0 Å². The van der Waals surface area contributed by atoms with Gasteiger partial charge in [0.25, 0.3) is 0 Å². The van der Waals surface area contributed by atoms with Gasteiger partial charge in [-0.15, -0.1) is 0 Å². The Morgan fingerprint density at radius 2 is 2.00 bits per heavy atom. The average Bonchev–Trinajstić information content (AvgIpc) is 1.63. The maximum absolute atomic E-state index is 10.7. The minimum absolute atomic E-state index is 0.0741. The largest absolute Gasteiger partial charge is 0.402 e. The molecule has 0 saturated heterocycles. The fourth-order valence-corrected chi connectivity index (χ4v) is 0.324. The van der Waals surface area contributed by atoms with Crippen LogP contribution in [0.2, 0.25) is 0 Å². The van der Waals surface area contributed by atoms with E-state index in [4.69, 9.17) is 5.73 Å². The van der Waals surface area contributed by atoms with Gasteiger partial charge in [-0.25, -0.2) is 0 Å². The molecule has 9 heavy (non-hydrogen) atoms. The Morgan fingerprint density at radius 3 is 2.11 bits per heavy atom. The van der Waals surface area contributed by atoms with E-state index < -0.39 is 0 Å². The van der Waals surface area contributed by atoms with Crippen LogP contribution in [0, 0.1) is 0 Å². The molecule has 2 N–H and O–H groups in total. The number of hydrogen-bond donors (Lipinski definition) is 1. The van der Waals surface area contributed by atoms with Crippen molar-refractivity contribution >= 4 is 5.91 Å². The number of rotatable bonds is 1. The molecule has 0 aromatic rings. The average molecular weight is 128 g/mol. The minimum Gasteiger partial charge on any atom is -0.402 e. The summed E-state index contributed by atoms with van der Waals surface area (Å²) in [5.41, 5.74) is 5.78. The SMILES string of the molecule is C/C(N)=C/C(=O)N(C)C. The lowest BCUT2D eigenvalue weighted by molar-refractivity contribution is -0.123. The first-order valence-corrected chi connectivity index (χ1v) is 2.69. The predicted octanol–water partition coefficient (Wildman–Crippen LogP) is -0.0629. The molecule has 3 nitrogen and oxygen atoms in total. The molecule has 52 valence electrons. The fourth-order valence-electron chi connectivity index (χ4n) is 0.324. The molecule has 0 radical (unpaired) electrons. The summed E-state index contributed by atoms with van der Waals surface area (Å²) in [5.74, 6) is -0.0741. The second-order valence-electron chi connectivity index (χ2n) is 2.12. The summed E-state index contributed by atoms with van der Waals surface area (Å²) < 4.78 is 0. The quantitative estimate of drug-likeness (QED) is 0.503. The summed E-state index contributed by atoms with van der Waals surface area (Å²) in [5, 5.41) is 0. The van der Waals surface area contributed by atoms with Crippen LogP contribution in [-0.2, 0) is 4.79 Å². The first-order valence-electron chi connectivity index (χ1n) is 2.69. The highest BCUT2D eigenvalue weighted by Crippen LogP contribution is 1.84. The molecule has 0 fully saturated rings. The van der Waals surface area contributed by atoms with E-state index in [0.717, 1.165) is 0 Å². The first-order chi connectivity index (χ1) is 4.04. The number of likely N-dealkylation sites (N-methyl/N-ethyl adjacent to an activating group) is 1. The van der Waals surface area contributed by atoms with Crippen LogP contribution in [0.4, 0.5) is 0 Å². The lowest BCUT2D eigenvalue weighted by Crippen LogP contribution is -2.20. The smallest absolute Gasteiger partial charge is 0.247 e. The van der Waals surface area contributed by atoms with Crippen molar-refractivity contribution in [3.63, 3.8) is 0 Å². The molecule has 0 aromatic carbocycles. The molecule has 0 aromatic heterocycles. The van der Waals surface area contributed by atoms with E-state index >= 15 is 0 Å². The minimum atomic E-state index is -0.0741. The van der Waals surface area contributed by atoms with Gasteiger partial charge in [0.2, 0.25) is 5.91 Å². The van der Waals surface area contributed by atoms with Crippen molar-refractivity contribution in [1.82, 2.24) is 4.90 Å². The van der Waals surface area contributed by atoms with Crippen molar-refractivity contribution in [2.45, 2.75) is 6.92 Å². The van der Waals surface area contributed by atoms with Crippen LogP contribution in [-0.4, -0.2) is 24.9 Å². The zero-order chi connectivity index (χ0) is 7.44. The lowest BCUT2D eigenvalue weighted by atomic mass is 10.4. The van der Waals surface area contributed by atoms with Crippen LogP contribution in [0.15, 0.2) is 11.8 Å². The number of hydrogen-bond acceptors (Lipinski definition) is 2. The van der Waals surface area contributed by atoms with Crippen molar-refractivity contribution in [2.75, 3.05) is 14.1 Å². The number of nitrogens with zero attached hydrogens (tertiary/aromatic N) is 1. The molecule has 0 saturated carbocycles. The second-order valence-corrected chi connectivity index (χ2v) is 2.12. The van der Waals surface area contributed by atoms with Crippen LogP contribution >= 0.6 is 0 Å². The van der Waals surface area contributed by atoms with Crippen molar-refractivity contribution in [1.29, 1.82) is 0 Å². The summed E-state index contributed by atoms with van der Waals surface area (Å²) in [7, 11) is 3.36. The van der Waals surface area contributed by atoms with E-state index in [0.29, 0.717) is 5.70 Å². The van der Waals surface area contributed by atoms with Crippen LogP contribution in [0.3, 0.4) is 0 Å². The zero-order valence-electron chi connectivity index (χ0n) is 6.01. The van der Waals surface area contributed by atoms with Crippen molar-refractivity contribution in [2.24, 2.45) is 5.73 Å². The molecule has 3 heteroatoms. The maximum Gasteiger partial charge on any atom is 0.247 e. The third-order valence-electron chi connectivity index (χ3n) is 0.792. The second kappa shape index (κ2) is 3.12. The summed E-state index contributed by atoms with van der Waals surface area (Å²) in [6, 6.07) is 0. The molecular formula is C6H12N2O. The van der Waals surface area contributed by atoms with E-state index in [1.807, 2.05) is 0 Å². The van der Waals surface area contributed by atoms with Crippen LogP contribution in [0.25, 0.3) is 0 Å². The molecule has 0 atom stereocenters. The Labute approximate surface area is 55.1 Å². The van der Waals surface area contributed by atoms with Gasteiger partial charge in [-0.1, -0.05) is 0 Å². The molecule has 0 aliphatic rings. The third kappa shape index (κ3) is 3.58. The molecule has 0 unspecified atom stereocenters. The molecule has 0 rings (SSSR count). The summed E-state index contributed by atoms with van der Waals surface area (Å²) in [6.07, 6.45) is 1.39. The molecule has 0 heterocycles. The van der Waals surface area contributed by atoms with E-state index in [2.05, 4.69) is 0 Å². The van der Waals surface area contributed by atoms with Crippen LogP contribution in [0.1, 0.15) is 6.92 Å². The van der Waals surface area contributed by atoms with E-state index in [1.54, 1.807) is 21.0 Å².